The molecular weight excluding hydrogens is 328 g/mol. The van der Waals surface area contributed by atoms with Crippen molar-refractivity contribution >= 4 is 11.8 Å². The van der Waals surface area contributed by atoms with Crippen LogP contribution in [-0.4, -0.2) is 26.0 Å². The highest BCUT2D eigenvalue weighted by Crippen LogP contribution is 2.29. The SMILES string of the molecule is CC(C)Oc1cc(N2Cc3cnc(-c4ccccc4)nc3C2)nc(N)n1. The van der Waals surface area contributed by atoms with E-state index in [1.165, 1.54) is 0 Å². The van der Waals surface area contributed by atoms with E-state index >= 15 is 0 Å². The van der Waals surface area contributed by atoms with E-state index in [1.54, 1.807) is 0 Å². The molecule has 0 saturated carbocycles. The zero-order valence-corrected chi connectivity index (χ0v) is 14.8. The van der Waals surface area contributed by atoms with Gasteiger partial charge in [-0.1, -0.05) is 30.3 Å². The van der Waals surface area contributed by atoms with Gasteiger partial charge in [-0.15, -0.1) is 0 Å². The first-order valence-corrected chi connectivity index (χ1v) is 8.55. The number of nitrogens with zero attached hydrogens (tertiary/aromatic N) is 5. The Morgan fingerprint density at radius 1 is 1.08 bits per heavy atom. The summed E-state index contributed by atoms with van der Waals surface area (Å²) in [6, 6.07) is 11.8. The minimum Gasteiger partial charge on any atom is -0.475 e. The summed E-state index contributed by atoms with van der Waals surface area (Å²) in [5.41, 5.74) is 8.95. The van der Waals surface area contributed by atoms with E-state index in [2.05, 4.69) is 19.9 Å². The summed E-state index contributed by atoms with van der Waals surface area (Å²) in [4.78, 5) is 19.8. The smallest absolute Gasteiger partial charge is 0.225 e. The largest absolute Gasteiger partial charge is 0.475 e. The third-order valence-corrected chi connectivity index (χ3v) is 4.07. The van der Waals surface area contributed by atoms with Crippen molar-refractivity contribution in [1.29, 1.82) is 0 Å². The van der Waals surface area contributed by atoms with Crippen molar-refractivity contribution in [2.45, 2.75) is 33.0 Å². The van der Waals surface area contributed by atoms with Gasteiger partial charge in [0.25, 0.3) is 0 Å². The van der Waals surface area contributed by atoms with Gasteiger partial charge in [-0.25, -0.2) is 9.97 Å². The van der Waals surface area contributed by atoms with Gasteiger partial charge in [-0.2, -0.15) is 9.97 Å². The summed E-state index contributed by atoms with van der Waals surface area (Å²) >= 11 is 0. The van der Waals surface area contributed by atoms with Crippen LogP contribution in [-0.2, 0) is 13.1 Å². The monoisotopic (exact) mass is 348 g/mol. The molecule has 3 heterocycles. The van der Waals surface area contributed by atoms with Crippen molar-refractivity contribution in [3.63, 3.8) is 0 Å². The molecular formula is C19H20N6O. The van der Waals surface area contributed by atoms with Crippen LogP contribution < -0.4 is 15.4 Å². The maximum atomic E-state index is 5.85. The van der Waals surface area contributed by atoms with Gasteiger partial charge in [0.1, 0.15) is 5.82 Å². The Morgan fingerprint density at radius 3 is 2.65 bits per heavy atom. The highest BCUT2D eigenvalue weighted by molar-refractivity contribution is 5.56. The maximum absolute atomic E-state index is 5.85. The normalized spacial score (nSPS) is 13.1. The quantitative estimate of drug-likeness (QED) is 0.775. The van der Waals surface area contributed by atoms with Crippen LogP contribution >= 0.6 is 0 Å². The molecule has 3 aromatic rings. The van der Waals surface area contributed by atoms with Crippen LogP contribution in [0.25, 0.3) is 11.4 Å². The molecule has 0 spiro atoms. The first-order valence-electron chi connectivity index (χ1n) is 8.55. The molecule has 0 unspecified atom stereocenters. The Labute approximate surface area is 151 Å². The Hall–Kier alpha value is -3.22. The van der Waals surface area contributed by atoms with Gasteiger partial charge in [-0.3, -0.25) is 0 Å². The lowest BCUT2D eigenvalue weighted by molar-refractivity contribution is 0.232. The van der Waals surface area contributed by atoms with Gasteiger partial charge < -0.3 is 15.4 Å². The number of fused-ring (bicyclic) bond motifs is 1. The van der Waals surface area contributed by atoms with Crippen molar-refractivity contribution in [3.05, 3.63) is 53.9 Å². The average molecular weight is 348 g/mol. The molecule has 2 N–H and O–H groups in total. The molecule has 0 aliphatic carbocycles. The van der Waals surface area contributed by atoms with Crippen molar-refractivity contribution in [2.75, 3.05) is 10.6 Å². The Balaban J connectivity index is 1.60. The molecule has 2 aromatic heterocycles. The number of hydrogen-bond acceptors (Lipinski definition) is 7. The fraction of sp³-hybridized carbons (Fsp3) is 0.263. The molecule has 0 saturated heterocycles. The first kappa shape index (κ1) is 16.3. The lowest BCUT2D eigenvalue weighted by Gasteiger charge is -2.17. The second kappa shape index (κ2) is 6.59. The third kappa shape index (κ3) is 3.28. The number of hydrogen-bond donors (Lipinski definition) is 1. The van der Waals surface area contributed by atoms with Gasteiger partial charge in [0.05, 0.1) is 18.3 Å². The Bertz CT molecular complexity index is 929. The van der Waals surface area contributed by atoms with E-state index in [0.717, 1.165) is 28.5 Å². The fourth-order valence-electron chi connectivity index (χ4n) is 2.94. The van der Waals surface area contributed by atoms with Crippen molar-refractivity contribution in [1.82, 2.24) is 19.9 Å². The minimum absolute atomic E-state index is 0.0206. The highest BCUT2D eigenvalue weighted by atomic mass is 16.5. The zero-order chi connectivity index (χ0) is 18.1. The number of rotatable bonds is 4. The van der Waals surface area contributed by atoms with Crippen molar-refractivity contribution in [2.24, 2.45) is 0 Å². The van der Waals surface area contributed by atoms with Gasteiger partial charge in [0, 0.05) is 29.9 Å². The molecule has 26 heavy (non-hydrogen) atoms. The molecule has 1 aromatic carbocycles. The summed E-state index contributed by atoms with van der Waals surface area (Å²) in [7, 11) is 0. The fourth-order valence-corrected chi connectivity index (χ4v) is 2.94. The summed E-state index contributed by atoms with van der Waals surface area (Å²) < 4.78 is 5.66. The van der Waals surface area contributed by atoms with Gasteiger partial charge in [0.2, 0.25) is 11.8 Å². The molecule has 0 radical (unpaired) electrons. The van der Waals surface area contributed by atoms with Crippen LogP contribution in [0.1, 0.15) is 25.1 Å². The number of nitrogens with two attached hydrogens (primary N) is 1. The molecule has 0 atom stereocenters. The molecule has 0 bridgehead atoms. The zero-order valence-electron chi connectivity index (χ0n) is 14.8. The first-order chi connectivity index (χ1) is 12.6. The number of nitrogen functional groups attached to an aromatic ring is 1. The predicted molar refractivity (Wildman–Crippen MR) is 99.6 cm³/mol. The number of ether oxygens (including phenoxy) is 1. The third-order valence-electron chi connectivity index (χ3n) is 4.07. The summed E-state index contributed by atoms with van der Waals surface area (Å²) in [5.74, 6) is 2.14. The van der Waals surface area contributed by atoms with E-state index in [9.17, 15) is 0 Å². The van der Waals surface area contributed by atoms with Crippen LogP contribution in [0.5, 0.6) is 5.88 Å². The molecule has 1 aliphatic heterocycles. The van der Waals surface area contributed by atoms with E-state index in [-0.39, 0.29) is 12.1 Å². The lowest BCUT2D eigenvalue weighted by Crippen LogP contribution is -2.18. The van der Waals surface area contributed by atoms with Crippen LogP contribution in [0.3, 0.4) is 0 Å². The summed E-state index contributed by atoms with van der Waals surface area (Å²) in [6.07, 6.45) is 1.91. The maximum Gasteiger partial charge on any atom is 0.225 e. The highest BCUT2D eigenvalue weighted by Gasteiger charge is 2.24. The van der Waals surface area contributed by atoms with Crippen molar-refractivity contribution in [3.8, 4) is 17.3 Å². The molecule has 7 heteroatoms. The molecule has 132 valence electrons. The van der Waals surface area contributed by atoms with E-state index in [1.807, 2.05) is 56.4 Å². The molecule has 7 nitrogen and oxygen atoms in total. The Kier molecular flexibility index (Phi) is 4.12. The van der Waals surface area contributed by atoms with E-state index in [0.29, 0.717) is 19.0 Å². The van der Waals surface area contributed by atoms with Crippen LogP contribution in [0.2, 0.25) is 0 Å². The number of anilines is 2. The number of benzene rings is 1. The van der Waals surface area contributed by atoms with Crippen molar-refractivity contribution < 1.29 is 4.74 Å². The lowest BCUT2D eigenvalue weighted by atomic mass is 10.2. The van der Waals surface area contributed by atoms with Gasteiger partial charge in [-0.05, 0) is 13.8 Å². The van der Waals surface area contributed by atoms with Gasteiger partial charge >= 0.3 is 0 Å². The van der Waals surface area contributed by atoms with Crippen LogP contribution in [0, 0.1) is 0 Å². The topological polar surface area (TPSA) is 90.0 Å². The van der Waals surface area contributed by atoms with Crippen LogP contribution in [0.4, 0.5) is 11.8 Å². The molecule has 0 fully saturated rings. The molecule has 1 aliphatic rings. The van der Waals surface area contributed by atoms with E-state index < -0.39 is 0 Å². The molecule has 4 rings (SSSR count). The standard InChI is InChI=1S/C19H20N6O/c1-12(2)26-17-8-16(23-19(20)24-17)25-10-14-9-21-18(22-15(14)11-25)13-6-4-3-5-7-13/h3-9,12H,10-11H2,1-2H3,(H2,20,23,24). The minimum atomic E-state index is 0.0206. The summed E-state index contributed by atoms with van der Waals surface area (Å²) in [6.45, 7) is 5.23. The summed E-state index contributed by atoms with van der Waals surface area (Å²) in [5, 5.41) is 0. The molecule has 0 amide bonds. The van der Waals surface area contributed by atoms with Gasteiger partial charge in [0.15, 0.2) is 5.82 Å². The Morgan fingerprint density at radius 2 is 1.88 bits per heavy atom. The van der Waals surface area contributed by atoms with Crippen LogP contribution in [0.15, 0.2) is 42.6 Å². The predicted octanol–water partition coefficient (Wildman–Crippen LogP) is 2.82. The second-order valence-electron chi connectivity index (χ2n) is 6.48. The number of aromatic nitrogens is 4. The average Bonchev–Trinajstić information content (AvgIpc) is 3.04. The van der Waals surface area contributed by atoms with E-state index in [4.69, 9.17) is 15.5 Å². The second-order valence-corrected chi connectivity index (χ2v) is 6.48.